The van der Waals surface area contributed by atoms with E-state index in [0.717, 1.165) is 25.6 Å². The fourth-order valence-corrected chi connectivity index (χ4v) is 1.85. The molecule has 0 radical (unpaired) electrons. The molecule has 0 bridgehead atoms. The van der Waals surface area contributed by atoms with Crippen molar-refractivity contribution in [1.82, 2.24) is 10.2 Å². The Hall–Kier alpha value is -0.120. The molecule has 1 heterocycles. The summed E-state index contributed by atoms with van der Waals surface area (Å²) in [5.74, 6) is 0.756. The Balaban J connectivity index is 1.97. The van der Waals surface area contributed by atoms with Crippen LogP contribution in [0, 0.1) is 5.92 Å². The van der Waals surface area contributed by atoms with Crippen LogP contribution in [0.25, 0.3) is 0 Å². The third kappa shape index (κ3) is 4.07. The van der Waals surface area contributed by atoms with Crippen molar-refractivity contribution in [2.45, 2.75) is 19.8 Å². The van der Waals surface area contributed by atoms with Crippen LogP contribution in [0.3, 0.4) is 0 Å². The fourth-order valence-electron chi connectivity index (χ4n) is 1.85. The molecule has 3 nitrogen and oxygen atoms in total. The predicted octanol–water partition coefficient (Wildman–Crippen LogP) is 0.267. The van der Waals surface area contributed by atoms with Crippen molar-refractivity contribution in [2.24, 2.45) is 11.7 Å². The van der Waals surface area contributed by atoms with E-state index in [0.29, 0.717) is 0 Å². The van der Waals surface area contributed by atoms with E-state index in [9.17, 15) is 0 Å². The molecule has 1 atom stereocenters. The van der Waals surface area contributed by atoms with Crippen LogP contribution in [0.5, 0.6) is 0 Å². The summed E-state index contributed by atoms with van der Waals surface area (Å²) < 4.78 is 0. The summed E-state index contributed by atoms with van der Waals surface area (Å²) in [6.45, 7) is 8.99. The molecule has 0 aliphatic carbocycles. The monoisotopic (exact) mass is 185 g/mol. The second-order valence-electron chi connectivity index (χ2n) is 3.94. The highest BCUT2D eigenvalue weighted by Gasteiger charge is 2.19. The number of rotatable bonds is 6. The minimum absolute atomic E-state index is 0.756. The second kappa shape index (κ2) is 6.35. The van der Waals surface area contributed by atoms with Crippen LogP contribution >= 0.6 is 0 Å². The molecule has 1 unspecified atom stereocenters. The van der Waals surface area contributed by atoms with Crippen LogP contribution in [0.2, 0.25) is 0 Å². The van der Waals surface area contributed by atoms with Gasteiger partial charge in [0.05, 0.1) is 0 Å². The van der Waals surface area contributed by atoms with Crippen LogP contribution in [0.4, 0.5) is 0 Å². The first-order valence-electron chi connectivity index (χ1n) is 5.50. The smallest absolute Gasteiger partial charge is 0.0107 e. The first kappa shape index (κ1) is 11.0. The van der Waals surface area contributed by atoms with Crippen molar-refractivity contribution in [3.63, 3.8) is 0 Å². The van der Waals surface area contributed by atoms with E-state index >= 15 is 0 Å². The van der Waals surface area contributed by atoms with Crippen molar-refractivity contribution in [1.29, 1.82) is 0 Å². The standard InChI is InChI=1S/C10H23N3/c1-2-4-12-5-7-13-6-3-10(8-11)9-13/h10,12H,2-9,11H2,1H3. The molecule has 13 heavy (non-hydrogen) atoms. The Morgan fingerprint density at radius 1 is 1.46 bits per heavy atom. The van der Waals surface area contributed by atoms with Crippen molar-refractivity contribution < 1.29 is 0 Å². The van der Waals surface area contributed by atoms with E-state index in [1.165, 1.54) is 32.5 Å². The molecule has 1 rings (SSSR count). The largest absolute Gasteiger partial charge is 0.330 e. The lowest BCUT2D eigenvalue weighted by atomic mass is 10.1. The molecule has 0 aromatic rings. The molecule has 1 fully saturated rings. The van der Waals surface area contributed by atoms with Gasteiger partial charge in [0, 0.05) is 19.6 Å². The number of nitrogens with one attached hydrogen (secondary N) is 1. The number of nitrogens with zero attached hydrogens (tertiary/aromatic N) is 1. The molecule has 1 aliphatic rings. The van der Waals surface area contributed by atoms with E-state index in [2.05, 4.69) is 17.1 Å². The second-order valence-corrected chi connectivity index (χ2v) is 3.94. The van der Waals surface area contributed by atoms with Gasteiger partial charge in [-0.15, -0.1) is 0 Å². The van der Waals surface area contributed by atoms with E-state index in [-0.39, 0.29) is 0 Å². The molecule has 3 heteroatoms. The Bertz CT molecular complexity index is 127. The maximum absolute atomic E-state index is 5.63. The number of hydrogen-bond acceptors (Lipinski definition) is 3. The van der Waals surface area contributed by atoms with Gasteiger partial charge >= 0.3 is 0 Å². The van der Waals surface area contributed by atoms with Crippen molar-refractivity contribution in [2.75, 3.05) is 39.3 Å². The predicted molar refractivity (Wildman–Crippen MR) is 56.8 cm³/mol. The van der Waals surface area contributed by atoms with Crippen molar-refractivity contribution in [3.8, 4) is 0 Å². The summed E-state index contributed by atoms with van der Waals surface area (Å²) in [5, 5.41) is 3.42. The first-order chi connectivity index (χ1) is 6.36. The lowest BCUT2D eigenvalue weighted by molar-refractivity contribution is 0.323. The topological polar surface area (TPSA) is 41.3 Å². The number of hydrogen-bond donors (Lipinski definition) is 2. The average Bonchev–Trinajstić information content (AvgIpc) is 2.60. The third-order valence-corrected chi connectivity index (χ3v) is 2.73. The van der Waals surface area contributed by atoms with Crippen LogP contribution in [0.15, 0.2) is 0 Å². The van der Waals surface area contributed by atoms with Gasteiger partial charge in [-0.1, -0.05) is 6.92 Å². The number of likely N-dealkylation sites (tertiary alicyclic amines) is 1. The van der Waals surface area contributed by atoms with Gasteiger partial charge in [0.25, 0.3) is 0 Å². The first-order valence-corrected chi connectivity index (χ1v) is 5.50. The van der Waals surface area contributed by atoms with Crippen LogP contribution in [-0.4, -0.2) is 44.2 Å². The molecule has 0 saturated carbocycles. The quantitative estimate of drug-likeness (QED) is 0.584. The van der Waals surface area contributed by atoms with Gasteiger partial charge in [0.2, 0.25) is 0 Å². The van der Waals surface area contributed by atoms with Crippen molar-refractivity contribution >= 4 is 0 Å². The van der Waals surface area contributed by atoms with Gasteiger partial charge < -0.3 is 16.0 Å². The summed E-state index contributed by atoms with van der Waals surface area (Å²) in [5.41, 5.74) is 5.63. The molecular formula is C10H23N3. The zero-order valence-corrected chi connectivity index (χ0v) is 8.76. The molecule has 1 aliphatic heterocycles. The molecule has 3 N–H and O–H groups in total. The molecular weight excluding hydrogens is 162 g/mol. The zero-order valence-electron chi connectivity index (χ0n) is 8.76. The lowest BCUT2D eigenvalue weighted by Gasteiger charge is -2.15. The van der Waals surface area contributed by atoms with Crippen LogP contribution in [-0.2, 0) is 0 Å². The Morgan fingerprint density at radius 2 is 2.31 bits per heavy atom. The Morgan fingerprint density at radius 3 is 2.92 bits per heavy atom. The van der Waals surface area contributed by atoms with Crippen molar-refractivity contribution in [3.05, 3.63) is 0 Å². The molecule has 0 aromatic heterocycles. The highest BCUT2D eigenvalue weighted by Crippen LogP contribution is 2.13. The average molecular weight is 185 g/mol. The van der Waals surface area contributed by atoms with Crippen LogP contribution in [0.1, 0.15) is 19.8 Å². The van der Waals surface area contributed by atoms with Gasteiger partial charge in [-0.25, -0.2) is 0 Å². The van der Waals surface area contributed by atoms with E-state index < -0.39 is 0 Å². The van der Waals surface area contributed by atoms with Gasteiger partial charge in [0.1, 0.15) is 0 Å². The molecule has 78 valence electrons. The highest BCUT2D eigenvalue weighted by atomic mass is 15.2. The van der Waals surface area contributed by atoms with Gasteiger partial charge in [-0.05, 0) is 38.4 Å². The Labute approximate surface area is 81.7 Å². The molecule has 0 aromatic carbocycles. The minimum Gasteiger partial charge on any atom is -0.330 e. The summed E-state index contributed by atoms with van der Waals surface area (Å²) in [7, 11) is 0. The molecule has 0 spiro atoms. The van der Waals surface area contributed by atoms with Gasteiger partial charge in [-0.3, -0.25) is 0 Å². The molecule has 0 amide bonds. The summed E-state index contributed by atoms with van der Waals surface area (Å²) in [6, 6.07) is 0. The van der Waals surface area contributed by atoms with E-state index in [1.54, 1.807) is 0 Å². The SMILES string of the molecule is CCCNCCN1CCC(CN)C1. The number of nitrogens with two attached hydrogens (primary N) is 1. The van der Waals surface area contributed by atoms with Gasteiger partial charge in [0.15, 0.2) is 0 Å². The zero-order chi connectivity index (χ0) is 9.52. The fraction of sp³-hybridized carbons (Fsp3) is 1.00. The normalized spacial score (nSPS) is 24.0. The maximum Gasteiger partial charge on any atom is 0.0107 e. The van der Waals surface area contributed by atoms with Crippen LogP contribution < -0.4 is 11.1 Å². The van der Waals surface area contributed by atoms with E-state index in [1.807, 2.05) is 0 Å². The highest BCUT2D eigenvalue weighted by molar-refractivity contribution is 4.76. The minimum atomic E-state index is 0.756. The summed E-state index contributed by atoms with van der Waals surface area (Å²) in [6.07, 6.45) is 2.52. The third-order valence-electron chi connectivity index (χ3n) is 2.73. The Kier molecular flexibility index (Phi) is 5.35. The van der Waals surface area contributed by atoms with E-state index in [4.69, 9.17) is 5.73 Å². The van der Waals surface area contributed by atoms with Gasteiger partial charge in [-0.2, -0.15) is 0 Å². The lowest BCUT2D eigenvalue weighted by Crippen LogP contribution is -2.31. The maximum atomic E-state index is 5.63. The summed E-state index contributed by atoms with van der Waals surface area (Å²) >= 11 is 0. The molecule has 1 saturated heterocycles. The summed E-state index contributed by atoms with van der Waals surface area (Å²) in [4.78, 5) is 2.51.